The van der Waals surface area contributed by atoms with Crippen LogP contribution in [0.5, 0.6) is 0 Å². The van der Waals surface area contributed by atoms with Crippen molar-refractivity contribution < 1.29 is 4.79 Å². The van der Waals surface area contributed by atoms with Gasteiger partial charge in [0.1, 0.15) is 5.78 Å². The number of carbonyl (C=O) groups excluding carboxylic acids is 1. The van der Waals surface area contributed by atoms with Crippen LogP contribution in [0.25, 0.3) is 0 Å². The molecule has 0 aliphatic heterocycles. The summed E-state index contributed by atoms with van der Waals surface area (Å²) in [4.78, 5) is 13.3. The Morgan fingerprint density at radius 2 is 1.93 bits per heavy atom. The molecule has 0 unspecified atom stereocenters. The Bertz CT molecular complexity index is 295. The second-order valence-electron chi connectivity index (χ2n) is 3.75. The summed E-state index contributed by atoms with van der Waals surface area (Å²) in [6.45, 7) is 2.86. The number of Topliss-reactive ketones (excluding diaryl/α,β-unsaturated/α-hetero) is 1. The van der Waals surface area contributed by atoms with Crippen LogP contribution in [0.15, 0.2) is 30.3 Å². The summed E-state index contributed by atoms with van der Waals surface area (Å²) in [5, 5.41) is 0. The van der Waals surface area contributed by atoms with Crippen LogP contribution in [0.4, 0.5) is 5.69 Å². The minimum absolute atomic E-state index is 0.358. The molecule has 1 rings (SSSR count). The number of benzene rings is 1. The minimum atomic E-state index is 0.358. The van der Waals surface area contributed by atoms with Gasteiger partial charge in [-0.15, -0.1) is 0 Å². The molecule has 0 amide bonds. The van der Waals surface area contributed by atoms with E-state index in [0.717, 1.165) is 13.0 Å². The fourth-order valence-electron chi connectivity index (χ4n) is 1.50. The third-order valence-electron chi connectivity index (χ3n) is 2.54. The highest BCUT2D eigenvalue weighted by Crippen LogP contribution is 2.11. The molecule has 0 aliphatic carbocycles. The zero-order valence-electron chi connectivity index (χ0n) is 9.57. The highest BCUT2D eigenvalue weighted by molar-refractivity contribution is 5.77. The molecule has 0 fully saturated rings. The molecule has 0 aliphatic rings. The topological polar surface area (TPSA) is 20.3 Å². The van der Waals surface area contributed by atoms with Crippen LogP contribution < -0.4 is 4.90 Å². The Morgan fingerprint density at radius 1 is 1.27 bits per heavy atom. The van der Waals surface area contributed by atoms with E-state index in [2.05, 4.69) is 24.1 Å². The fraction of sp³-hybridized carbons (Fsp3) is 0.462. The third kappa shape index (κ3) is 4.15. The fourth-order valence-corrected chi connectivity index (χ4v) is 1.50. The summed E-state index contributed by atoms with van der Waals surface area (Å²) in [5.74, 6) is 0.358. The quantitative estimate of drug-likeness (QED) is 0.711. The van der Waals surface area contributed by atoms with Gasteiger partial charge in [-0.1, -0.05) is 25.1 Å². The summed E-state index contributed by atoms with van der Waals surface area (Å²) >= 11 is 0. The monoisotopic (exact) mass is 205 g/mol. The smallest absolute Gasteiger partial charge is 0.132 e. The molecular formula is C13H19NO. The van der Waals surface area contributed by atoms with Crippen LogP contribution in [-0.4, -0.2) is 19.4 Å². The molecule has 0 radical (unpaired) electrons. The van der Waals surface area contributed by atoms with Crippen molar-refractivity contribution in [1.82, 2.24) is 0 Å². The number of carbonyl (C=O) groups is 1. The second-order valence-corrected chi connectivity index (χ2v) is 3.75. The first-order chi connectivity index (χ1) is 7.24. The Hall–Kier alpha value is -1.31. The zero-order chi connectivity index (χ0) is 11.1. The van der Waals surface area contributed by atoms with Gasteiger partial charge in [-0.25, -0.2) is 0 Å². The van der Waals surface area contributed by atoms with E-state index in [1.54, 1.807) is 0 Å². The normalized spacial score (nSPS) is 10.0. The van der Waals surface area contributed by atoms with Gasteiger partial charge in [-0.05, 0) is 18.6 Å². The Morgan fingerprint density at radius 3 is 2.53 bits per heavy atom. The molecule has 0 atom stereocenters. The van der Waals surface area contributed by atoms with Crippen molar-refractivity contribution in [1.29, 1.82) is 0 Å². The lowest BCUT2D eigenvalue weighted by atomic mass is 10.2. The van der Waals surface area contributed by atoms with E-state index in [1.165, 1.54) is 5.69 Å². The number of hydrogen-bond donors (Lipinski definition) is 0. The summed E-state index contributed by atoms with van der Waals surface area (Å²) < 4.78 is 0. The summed E-state index contributed by atoms with van der Waals surface area (Å²) in [6, 6.07) is 10.2. The zero-order valence-corrected chi connectivity index (χ0v) is 9.57. The molecule has 0 N–H and O–H groups in total. The lowest BCUT2D eigenvalue weighted by Crippen LogP contribution is -2.18. The predicted octanol–water partition coefficient (Wildman–Crippen LogP) is 2.88. The number of ketones is 1. The van der Waals surface area contributed by atoms with Crippen molar-refractivity contribution in [3.8, 4) is 0 Å². The molecule has 0 saturated carbocycles. The van der Waals surface area contributed by atoms with Gasteiger partial charge in [0.2, 0.25) is 0 Å². The average Bonchev–Trinajstić information content (AvgIpc) is 2.29. The van der Waals surface area contributed by atoms with E-state index < -0.39 is 0 Å². The van der Waals surface area contributed by atoms with Crippen molar-refractivity contribution in [2.75, 3.05) is 18.5 Å². The Labute approximate surface area is 91.9 Å². The molecule has 0 aromatic heterocycles. The van der Waals surface area contributed by atoms with E-state index >= 15 is 0 Å². The van der Waals surface area contributed by atoms with Crippen LogP contribution in [0, 0.1) is 0 Å². The largest absolute Gasteiger partial charge is 0.375 e. The lowest BCUT2D eigenvalue weighted by Gasteiger charge is -2.18. The molecule has 82 valence electrons. The van der Waals surface area contributed by atoms with Crippen molar-refractivity contribution in [2.45, 2.75) is 26.2 Å². The van der Waals surface area contributed by atoms with Crippen molar-refractivity contribution in [3.05, 3.63) is 30.3 Å². The summed E-state index contributed by atoms with van der Waals surface area (Å²) in [7, 11) is 2.06. The van der Waals surface area contributed by atoms with Gasteiger partial charge in [-0.2, -0.15) is 0 Å². The first kappa shape index (κ1) is 11.8. The van der Waals surface area contributed by atoms with Gasteiger partial charge in [0.05, 0.1) is 0 Å². The molecule has 0 heterocycles. The van der Waals surface area contributed by atoms with E-state index in [9.17, 15) is 4.79 Å². The third-order valence-corrected chi connectivity index (χ3v) is 2.54. The first-order valence-corrected chi connectivity index (χ1v) is 5.52. The maximum atomic E-state index is 11.1. The molecular weight excluding hydrogens is 186 g/mol. The van der Waals surface area contributed by atoms with E-state index in [0.29, 0.717) is 18.6 Å². The maximum Gasteiger partial charge on any atom is 0.132 e. The van der Waals surface area contributed by atoms with Crippen molar-refractivity contribution in [3.63, 3.8) is 0 Å². The lowest BCUT2D eigenvalue weighted by molar-refractivity contribution is -0.118. The molecule has 2 heteroatoms. The molecule has 1 aromatic carbocycles. The first-order valence-electron chi connectivity index (χ1n) is 5.52. The Kier molecular flexibility index (Phi) is 4.88. The predicted molar refractivity (Wildman–Crippen MR) is 64.2 cm³/mol. The van der Waals surface area contributed by atoms with E-state index in [-0.39, 0.29) is 0 Å². The summed E-state index contributed by atoms with van der Waals surface area (Å²) in [5.41, 5.74) is 1.21. The van der Waals surface area contributed by atoms with E-state index in [4.69, 9.17) is 0 Å². The number of nitrogens with zero attached hydrogens (tertiary/aromatic N) is 1. The number of anilines is 1. The molecule has 0 spiro atoms. The minimum Gasteiger partial charge on any atom is -0.375 e. The van der Waals surface area contributed by atoms with Gasteiger partial charge in [-0.3, -0.25) is 4.79 Å². The average molecular weight is 205 g/mol. The number of rotatable bonds is 6. The Balaban J connectivity index is 2.31. The van der Waals surface area contributed by atoms with Crippen LogP contribution in [0.3, 0.4) is 0 Å². The molecule has 0 saturated heterocycles. The van der Waals surface area contributed by atoms with Gasteiger partial charge < -0.3 is 4.90 Å². The van der Waals surface area contributed by atoms with Crippen LogP contribution in [-0.2, 0) is 4.79 Å². The molecule has 2 nitrogen and oxygen atoms in total. The number of para-hydroxylation sites is 1. The van der Waals surface area contributed by atoms with Crippen molar-refractivity contribution in [2.24, 2.45) is 0 Å². The van der Waals surface area contributed by atoms with Crippen LogP contribution in [0.2, 0.25) is 0 Å². The van der Waals surface area contributed by atoms with Gasteiger partial charge in [0.15, 0.2) is 0 Å². The molecule has 1 aromatic rings. The highest BCUT2D eigenvalue weighted by Gasteiger charge is 2.01. The van der Waals surface area contributed by atoms with Gasteiger partial charge >= 0.3 is 0 Å². The standard InChI is InChI=1S/C13H19NO/c1-3-13(15)10-7-11-14(2)12-8-5-4-6-9-12/h4-6,8-9H,3,7,10-11H2,1-2H3. The van der Waals surface area contributed by atoms with Crippen LogP contribution in [0.1, 0.15) is 26.2 Å². The maximum absolute atomic E-state index is 11.1. The highest BCUT2D eigenvalue weighted by atomic mass is 16.1. The van der Waals surface area contributed by atoms with Gasteiger partial charge in [0, 0.05) is 32.1 Å². The SMILES string of the molecule is CCC(=O)CCCN(C)c1ccccc1. The second kappa shape index (κ2) is 6.23. The van der Waals surface area contributed by atoms with Crippen molar-refractivity contribution >= 4 is 11.5 Å². The molecule has 0 bridgehead atoms. The van der Waals surface area contributed by atoms with Crippen LogP contribution >= 0.6 is 0 Å². The summed E-state index contributed by atoms with van der Waals surface area (Å²) in [6.07, 6.45) is 2.31. The molecule has 15 heavy (non-hydrogen) atoms. The van der Waals surface area contributed by atoms with Gasteiger partial charge in [0.25, 0.3) is 0 Å². The number of hydrogen-bond acceptors (Lipinski definition) is 2. The van der Waals surface area contributed by atoms with E-state index in [1.807, 2.05) is 25.1 Å².